The molecule has 0 amide bonds. The van der Waals surface area contributed by atoms with Crippen LogP contribution in [0.1, 0.15) is 6.92 Å². The van der Waals surface area contributed by atoms with Crippen LogP contribution in [0.25, 0.3) is 11.3 Å². The highest BCUT2D eigenvalue weighted by Gasteiger charge is 2.14. The summed E-state index contributed by atoms with van der Waals surface area (Å²) in [5.41, 5.74) is 1.35. The Morgan fingerprint density at radius 2 is 2.11 bits per heavy atom. The largest absolute Gasteiger partial charge is 0.351 e. The van der Waals surface area contributed by atoms with Crippen LogP contribution in [0.4, 0.5) is 0 Å². The molecule has 0 atom stereocenters. The van der Waals surface area contributed by atoms with Crippen molar-refractivity contribution in [2.24, 2.45) is 0 Å². The highest BCUT2D eigenvalue weighted by atomic mass is 35.5. The van der Waals surface area contributed by atoms with Crippen molar-refractivity contribution in [1.82, 2.24) is 4.98 Å². The smallest absolute Gasteiger partial charge is 0.311 e. The molecule has 2 rings (SSSR count). The van der Waals surface area contributed by atoms with Crippen molar-refractivity contribution in [3.05, 3.63) is 34.7 Å². The number of rotatable bonds is 4. The van der Waals surface area contributed by atoms with E-state index >= 15 is 0 Å². The number of hydrogen-bond donors (Lipinski definition) is 0. The number of thiazole rings is 1. The van der Waals surface area contributed by atoms with E-state index in [9.17, 15) is 8.42 Å². The van der Waals surface area contributed by atoms with E-state index in [0.29, 0.717) is 10.7 Å². The first-order chi connectivity index (χ1) is 8.52. The predicted molar refractivity (Wildman–Crippen MR) is 72.6 cm³/mol. The summed E-state index contributed by atoms with van der Waals surface area (Å²) < 4.78 is 27.4. The minimum atomic E-state index is -3.54. The molecule has 0 bridgehead atoms. The Morgan fingerprint density at radius 3 is 2.78 bits per heavy atom. The molecule has 0 saturated heterocycles. The van der Waals surface area contributed by atoms with E-state index in [1.54, 1.807) is 11.4 Å². The first-order valence-electron chi connectivity index (χ1n) is 5.14. The zero-order valence-electron chi connectivity index (χ0n) is 9.46. The quantitative estimate of drug-likeness (QED) is 0.814. The summed E-state index contributed by atoms with van der Waals surface area (Å²) in [6.07, 6.45) is 0. The van der Waals surface area contributed by atoms with E-state index in [1.165, 1.54) is 6.92 Å². The van der Waals surface area contributed by atoms with Crippen LogP contribution < -0.4 is 4.18 Å². The monoisotopic (exact) mass is 303 g/mol. The molecule has 0 aliphatic rings. The van der Waals surface area contributed by atoms with Gasteiger partial charge in [-0.1, -0.05) is 41.1 Å². The second-order valence-corrected chi connectivity index (χ2v) is 6.50. The van der Waals surface area contributed by atoms with Crippen LogP contribution in [-0.4, -0.2) is 19.2 Å². The zero-order valence-corrected chi connectivity index (χ0v) is 11.8. The average molecular weight is 304 g/mol. The molecule has 0 N–H and O–H groups in total. The summed E-state index contributed by atoms with van der Waals surface area (Å²) in [5, 5.41) is 2.38. The SMILES string of the molecule is CCS(=O)(=O)Oc1nc(-c2ccccc2Cl)cs1. The summed E-state index contributed by atoms with van der Waals surface area (Å²) in [6, 6.07) is 7.22. The molecule has 18 heavy (non-hydrogen) atoms. The van der Waals surface area contributed by atoms with Crippen molar-refractivity contribution in [3.63, 3.8) is 0 Å². The molecule has 0 spiro atoms. The average Bonchev–Trinajstić information content (AvgIpc) is 2.77. The third kappa shape index (κ3) is 3.01. The van der Waals surface area contributed by atoms with Crippen LogP contribution in [-0.2, 0) is 10.1 Å². The zero-order chi connectivity index (χ0) is 13.2. The van der Waals surface area contributed by atoms with Crippen LogP contribution >= 0.6 is 22.9 Å². The molecule has 7 heteroatoms. The van der Waals surface area contributed by atoms with Crippen LogP contribution in [0.5, 0.6) is 5.19 Å². The Kier molecular flexibility index (Phi) is 3.89. The summed E-state index contributed by atoms with van der Waals surface area (Å²) in [5.74, 6) is -0.0893. The van der Waals surface area contributed by atoms with Gasteiger partial charge in [0.1, 0.15) is 0 Å². The first kappa shape index (κ1) is 13.3. The molecular weight excluding hydrogens is 294 g/mol. The van der Waals surface area contributed by atoms with Gasteiger partial charge in [-0.15, -0.1) is 0 Å². The van der Waals surface area contributed by atoms with Crippen LogP contribution in [0, 0.1) is 0 Å². The van der Waals surface area contributed by atoms with E-state index in [0.717, 1.165) is 16.9 Å². The minimum absolute atomic E-state index is 0.0893. The molecule has 0 radical (unpaired) electrons. The van der Waals surface area contributed by atoms with Crippen molar-refractivity contribution in [3.8, 4) is 16.5 Å². The van der Waals surface area contributed by atoms with Gasteiger partial charge in [0.15, 0.2) is 0 Å². The lowest BCUT2D eigenvalue weighted by molar-refractivity contribution is 0.486. The van der Waals surface area contributed by atoms with Gasteiger partial charge >= 0.3 is 10.1 Å². The van der Waals surface area contributed by atoms with E-state index in [1.807, 2.05) is 18.2 Å². The maximum absolute atomic E-state index is 11.3. The lowest BCUT2D eigenvalue weighted by atomic mass is 10.2. The van der Waals surface area contributed by atoms with E-state index in [2.05, 4.69) is 4.98 Å². The molecule has 1 aromatic heterocycles. The molecule has 0 saturated carbocycles. The molecule has 0 aliphatic carbocycles. The third-order valence-electron chi connectivity index (χ3n) is 2.18. The summed E-state index contributed by atoms with van der Waals surface area (Å²) in [7, 11) is -3.54. The maximum atomic E-state index is 11.3. The Balaban J connectivity index is 2.29. The molecule has 96 valence electrons. The van der Waals surface area contributed by atoms with Crippen molar-refractivity contribution >= 4 is 33.1 Å². The van der Waals surface area contributed by atoms with Gasteiger partial charge in [0.25, 0.3) is 5.19 Å². The fourth-order valence-electron chi connectivity index (χ4n) is 1.26. The second kappa shape index (κ2) is 5.26. The molecule has 4 nitrogen and oxygen atoms in total. The topological polar surface area (TPSA) is 56.3 Å². The van der Waals surface area contributed by atoms with Crippen LogP contribution in [0.15, 0.2) is 29.6 Å². The number of hydrogen-bond acceptors (Lipinski definition) is 5. The maximum Gasteiger partial charge on any atom is 0.311 e. The Hall–Kier alpha value is -1.11. The van der Waals surface area contributed by atoms with E-state index in [4.69, 9.17) is 15.8 Å². The summed E-state index contributed by atoms with van der Waals surface area (Å²) >= 11 is 7.16. The molecule has 0 aliphatic heterocycles. The summed E-state index contributed by atoms with van der Waals surface area (Å²) in [4.78, 5) is 4.11. The highest BCUT2D eigenvalue weighted by molar-refractivity contribution is 7.87. The van der Waals surface area contributed by atoms with Crippen molar-refractivity contribution in [1.29, 1.82) is 0 Å². The minimum Gasteiger partial charge on any atom is -0.351 e. The second-order valence-electron chi connectivity index (χ2n) is 3.41. The van der Waals surface area contributed by atoms with Gasteiger partial charge in [-0.3, -0.25) is 0 Å². The predicted octanol–water partition coefficient (Wildman–Crippen LogP) is 3.19. The van der Waals surface area contributed by atoms with Gasteiger partial charge in [-0.05, 0) is 13.0 Å². The Labute approximate surface area is 114 Å². The van der Waals surface area contributed by atoms with Gasteiger partial charge in [0.05, 0.1) is 11.4 Å². The number of aromatic nitrogens is 1. The van der Waals surface area contributed by atoms with Crippen LogP contribution in [0.2, 0.25) is 5.02 Å². The van der Waals surface area contributed by atoms with Crippen LogP contribution in [0.3, 0.4) is 0 Å². The molecule has 0 unspecified atom stereocenters. The molecule has 1 aromatic carbocycles. The normalized spacial score (nSPS) is 11.4. The van der Waals surface area contributed by atoms with Crippen molar-refractivity contribution in [2.45, 2.75) is 6.92 Å². The number of halogens is 1. The van der Waals surface area contributed by atoms with Gasteiger partial charge in [-0.2, -0.15) is 8.42 Å². The third-order valence-corrected chi connectivity index (χ3v) is 4.46. The first-order valence-corrected chi connectivity index (χ1v) is 7.98. The Bertz CT molecular complexity index is 652. The van der Waals surface area contributed by atoms with E-state index < -0.39 is 10.1 Å². The van der Waals surface area contributed by atoms with Gasteiger partial charge < -0.3 is 4.18 Å². The highest BCUT2D eigenvalue weighted by Crippen LogP contribution is 2.31. The molecule has 1 heterocycles. The number of benzene rings is 1. The van der Waals surface area contributed by atoms with Crippen molar-refractivity contribution in [2.75, 3.05) is 5.75 Å². The lowest BCUT2D eigenvalue weighted by Gasteiger charge is -2.00. The fourth-order valence-corrected chi connectivity index (χ4v) is 2.87. The molecule has 0 fully saturated rings. The van der Waals surface area contributed by atoms with Gasteiger partial charge in [0.2, 0.25) is 0 Å². The lowest BCUT2D eigenvalue weighted by Crippen LogP contribution is -2.11. The van der Waals surface area contributed by atoms with Crippen molar-refractivity contribution < 1.29 is 12.6 Å². The fraction of sp³-hybridized carbons (Fsp3) is 0.182. The molecular formula is C11H10ClNO3S2. The van der Waals surface area contributed by atoms with Gasteiger partial charge in [0, 0.05) is 16.0 Å². The molecule has 2 aromatic rings. The van der Waals surface area contributed by atoms with Gasteiger partial charge in [-0.25, -0.2) is 4.98 Å². The summed E-state index contributed by atoms with van der Waals surface area (Å²) in [6.45, 7) is 1.51. The van der Waals surface area contributed by atoms with E-state index in [-0.39, 0.29) is 10.9 Å². The Morgan fingerprint density at radius 1 is 1.39 bits per heavy atom. The number of nitrogens with zero attached hydrogens (tertiary/aromatic N) is 1. The standard InChI is InChI=1S/C11H10ClNO3S2/c1-2-18(14,15)16-11-13-10(7-17-11)8-5-3-4-6-9(8)12/h3-7H,2H2,1H3.